The minimum atomic E-state index is -0.760. The van der Waals surface area contributed by atoms with Crippen LogP contribution in [0.1, 0.15) is 33.0 Å². The van der Waals surface area contributed by atoms with Crippen molar-refractivity contribution in [2.24, 2.45) is 14.1 Å². The minimum Gasteiger partial charge on any atom is -0.410 e. The van der Waals surface area contributed by atoms with Gasteiger partial charge in [0.2, 0.25) is 0 Å². The third kappa shape index (κ3) is 3.95. The molecule has 8 rings (SSSR count). The lowest BCUT2D eigenvalue weighted by Gasteiger charge is -2.30. The number of fused-ring (bicyclic) bond motifs is 5. The van der Waals surface area contributed by atoms with E-state index in [1.165, 1.54) is 11.6 Å². The number of nitrogens with one attached hydrogen (secondary N) is 1. The largest absolute Gasteiger partial charge is 0.424 e. The van der Waals surface area contributed by atoms with Crippen LogP contribution in [0.2, 0.25) is 0 Å². The van der Waals surface area contributed by atoms with Crippen molar-refractivity contribution in [3.05, 3.63) is 146 Å². The molecule has 0 saturated carbocycles. The number of allylic oxidation sites excluding steroid dienone is 1. The van der Waals surface area contributed by atoms with Gasteiger partial charge < -0.3 is 10.1 Å². The summed E-state index contributed by atoms with van der Waals surface area (Å²) >= 11 is 1.59. The Morgan fingerprint density at radius 3 is 2.02 bits per heavy atom. The van der Waals surface area contributed by atoms with Gasteiger partial charge in [-0.05, 0) is 42.0 Å². The number of hydrogen-bond donors (Lipinski definition) is 1. The number of para-hydroxylation sites is 2. The molecule has 4 aromatic carbocycles. The van der Waals surface area contributed by atoms with Gasteiger partial charge in [-0.15, -0.1) is 0 Å². The fourth-order valence-electron chi connectivity index (χ4n) is 6.37. The molecule has 1 aliphatic carbocycles. The molecule has 0 saturated heterocycles. The van der Waals surface area contributed by atoms with Crippen LogP contribution >= 0.6 is 11.8 Å². The van der Waals surface area contributed by atoms with Gasteiger partial charge in [-0.2, -0.15) is 0 Å². The van der Waals surface area contributed by atoms with E-state index in [-0.39, 0.29) is 5.78 Å². The number of ether oxygens (including phenoxy) is 1. The van der Waals surface area contributed by atoms with E-state index in [1.54, 1.807) is 60.1 Å². The number of carbonyl (C=O) groups is 2. The maximum Gasteiger partial charge on any atom is 0.424 e. The molecule has 0 unspecified atom stereocenters. The summed E-state index contributed by atoms with van der Waals surface area (Å²) in [6.07, 6.45) is -0.564. The number of nitrogens with zero attached hydrogens (tertiary/aromatic N) is 3. The first-order valence-electron chi connectivity index (χ1n) is 14.3. The number of ketones is 1. The van der Waals surface area contributed by atoms with Crippen LogP contribution in [0.4, 0.5) is 22.0 Å². The van der Waals surface area contributed by atoms with Crippen molar-refractivity contribution in [1.82, 2.24) is 9.13 Å². The van der Waals surface area contributed by atoms with Crippen LogP contribution < -0.4 is 26.2 Å². The van der Waals surface area contributed by atoms with Crippen LogP contribution in [0.25, 0.3) is 5.70 Å². The number of anilines is 3. The van der Waals surface area contributed by atoms with Crippen molar-refractivity contribution in [2.75, 3.05) is 10.2 Å². The van der Waals surface area contributed by atoms with Gasteiger partial charge in [0.15, 0.2) is 5.78 Å². The van der Waals surface area contributed by atoms with Crippen molar-refractivity contribution >= 4 is 46.5 Å². The average molecular weight is 613 g/mol. The van der Waals surface area contributed by atoms with E-state index in [4.69, 9.17) is 4.74 Å². The maximum absolute atomic E-state index is 13.8. The highest BCUT2D eigenvalue weighted by molar-refractivity contribution is 7.99. The molecule has 45 heavy (non-hydrogen) atoms. The minimum absolute atomic E-state index is 0.185. The first-order valence-corrected chi connectivity index (χ1v) is 15.1. The lowest BCUT2D eigenvalue weighted by molar-refractivity contribution is 0.103. The van der Waals surface area contributed by atoms with Crippen molar-refractivity contribution < 1.29 is 14.3 Å². The topological polar surface area (TPSA) is 103 Å². The summed E-state index contributed by atoms with van der Waals surface area (Å²) in [7, 11) is 3.02. The highest BCUT2D eigenvalue weighted by Gasteiger charge is 2.42. The summed E-state index contributed by atoms with van der Waals surface area (Å²) in [5.74, 6) is -0.304. The Bertz CT molecular complexity index is 2220. The van der Waals surface area contributed by atoms with Crippen molar-refractivity contribution in [1.29, 1.82) is 0 Å². The smallest absolute Gasteiger partial charge is 0.410 e. The SMILES string of the molecule is Cn1c2c(c(=O)n(C)c1=O)[C@H](c1ccc(OC(=O)N3c4ccccc4Sc4ccccc43)cc1)C1=C(N2)c2ccccc2C1=O. The van der Waals surface area contributed by atoms with Crippen LogP contribution in [0.5, 0.6) is 5.75 Å². The van der Waals surface area contributed by atoms with Gasteiger partial charge in [-0.25, -0.2) is 14.5 Å². The van der Waals surface area contributed by atoms with Gasteiger partial charge in [0.05, 0.1) is 22.6 Å². The van der Waals surface area contributed by atoms with Gasteiger partial charge in [0.25, 0.3) is 5.56 Å². The predicted octanol–water partition coefficient (Wildman–Crippen LogP) is 6.05. The molecule has 9 nitrogen and oxygen atoms in total. The number of carbonyl (C=O) groups excluding carboxylic acids is 2. The second kappa shape index (κ2) is 9.96. The number of benzene rings is 4. The number of aromatic nitrogens is 2. The third-order valence-corrected chi connectivity index (χ3v) is 9.64. The van der Waals surface area contributed by atoms with Crippen LogP contribution in [0.3, 0.4) is 0 Å². The Morgan fingerprint density at radius 2 is 1.36 bits per heavy atom. The molecule has 0 bridgehead atoms. The van der Waals surface area contributed by atoms with E-state index in [2.05, 4.69) is 5.32 Å². The van der Waals surface area contributed by atoms with Crippen LogP contribution in [-0.4, -0.2) is 21.0 Å². The number of amides is 1. The fourth-order valence-corrected chi connectivity index (χ4v) is 7.42. The Balaban J connectivity index is 1.20. The highest BCUT2D eigenvalue weighted by atomic mass is 32.2. The Labute approximate surface area is 261 Å². The van der Waals surface area contributed by atoms with Gasteiger partial charge >= 0.3 is 11.8 Å². The van der Waals surface area contributed by atoms with E-state index >= 15 is 0 Å². The summed E-state index contributed by atoms with van der Waals surface area (Å²) in [5, 5.41) is 3.24. The van der Waals surface area contributed by atoms with E-state index in [9.17, 15) is 19.2 Å². The highest BCUT2D eigenvalue weighted by Crippen LogP contribution is 2.49. The van der Waals surface area contributed by atoms with Crippen LogP contribution in [-0.2, 0) is 14.1 Å². The summed E-state index contributed by atoms with van der Waals surface area (Å²) in [4.78, 5) is 57.4. The van der Waals surface area contributed by atoms with Crippen molar-refractivity contribution in [2.45, 2.75) is 15.7 Å². The number of rotatable bonds is 2. The molecule has 1 amide bonds. The Kier molecular flexibility index (Phi) is 5.97. The van der Waals surface area contributed by atoms with E-state index in [0.29, 0.717) is 45.1 Å². The molecular weight excluding hydrogens is 588 g/mol. The summed E-state index contributed by atoms with van der Waals surface area (Å²) in [5.41, 5.74) is 3.69. The quantitative estimate of drug-likeness (QED) is 0.259. The van der Waals surface area contributed by atoms with Gasteiger partial charge in [0, 0.05) is 46.5 Å². The summed E-state index contributed by atoms with van der Waals surface area (Å²) in [6.45, 7) is 0. The second-order valence-corrected chi connectivity index (χ2v) is 12.1. The molecular formula is C35H24N4O5S. The van der Waals surface area contributed by atoms with Gasteiger partial charge in [0.1, 0.15) is 11.6 Å². The van der Waals surface area contributed by atoms with E-state index in [0.717, 1.165) is 25.7 Å². The maximum atomic E-state index is 13.8. The zero-order valence-electron chi connectivity index (χ0n) is 24.1. The molecule has 1 N–H and O–H groups in total. The van der Waals surface area contributed by atoms with Gasteiger partial charge in [-0.1, -0.05) is 72.4 Å². The van der Waals surface area contributed by atoms with E-state index < -0.39 is 23.3 Å². The molecule has 1 aromatic heterocycles. The molecule has 3 heterocycles. The molecule has 0 spiro atoms. The van der Waals surface area contributed by atoms with Gasteiger partial charge in [-0.3, -0.25) is 18.7 Å². The standard InChI is InChI=1S/C35H24N4O5S/c1-37-32-29(33(41)38(2)34(37)42)27(28-30(36-32)21-9-3-4-10-22(21)31(28)40)19-15-17-20(18-16-19)44-35(43)39-23-11-5-7-13-25(23)45-26-14-8-6-12-24(26)39/h3-18,27,36H,1-2H3/t27-/m1/s1. The average Bonchev–Trinajstić information content (AvgIpc) is 3.35. The van der Waals surface area contributed by atoms with E-state index in [1.807, 2.05) is 60.7 Å². The molecule has 2 aliphatic heterocycles. The molecule has 5 aromatic rings. The molecule has 3 aliphatic rings. The fraction of sp³-hybridized carbons (Fsp3) is 0.0857. The zero-order chi connectivity index (χ0) is 31.0. The molecule has 0 radical (unpaired) electrons. The second-order valence-electron chi connectivity index (χ2n) is 11.0. The van der Waals surface area contributed by atoms with Crippen LogP contribution in [0.15, 0.2) is 122 Å². The first kappa shape index (κ1) is 27.0. The normalized spacial score (nSPS) is 15.8. The molecule has 0 fully saturated rings. The van der Waals surface area contributed by atoms with Crippen molar-refractivity contribution in [3.8, 4) is 5.75 Å². The molecule has 1 atom stereocenters. The monoisotopic (exact) mass is 612 g/mol. The first-order chi connectivity index (χ1) is 21.8. The van der Waals surface area contributed by atoms with Crippen LogP contribution in [0, 0.1) is 0 Å². The summed E-state index contributed by atoms with van der Waals surface area (Å²) < 4.78 is 8.33. The zero-order valence-corrected chi connectivity index (χ0v) is 24.9. The number of hydrogen-bond acceptors (Lipinski definition) is 7. The summed E-state index contributed by atoms with van der Waals surface area (Å²) in [6, 6.07) is 29.4. The molecule has 220 valence electrons. The van der Waals surface area contributed by atoms with Crippen molar-refractivity contribution in [3.63, 3.8) is 0 Å². The lowest BCUT2D eigenvalue weighted by atomic mass is 9.81. The Hall–Kier alpha value is -5.61. The number of Topliss-reactive ketones (excluding diaryl/α,β-unsaturated/α-hetero) is 1. The third-order valence-electron chi connectivity index (χ3n) is 8.51. The predicted molar refractivity (Wildman–Crippen MR) is 172 cm³/mol. The lowest BCUT2D eigenvalue weighted by Crippen LogP contribution is -2.42. The Morgan fingerprint density at radius 1 is 0.756 bits per heavy atom. The molecule has 10 heteroatoms.